The fourth-order valence-corrected chi connectivity index (χ4v) is 2.47. The highest BCUT2D eigenvalue weighted by Gasteiger charge is 2.34. The molecule has 0 aromatic heterocycles. The summed E-state index contributed by atoms with van der Waals surface area (Å²) in [6.45, 7) is 1.09. The number of amides is 4. The largest absolute Gasteiger partial charge is 0.533 e. The van der Waals surface area contributed by atoms with Crippen LogP contribution in [0.15, 0.2) is 0 Å². The Labute approximate surface area is 182 Å². The predicted octanol–water partition coefficient (Wildman–Crippen LogP) is 0.234. The second-order valence-corrected chi connectivity index (χ2v) is 6.48. The molecule has 0 N–H and O–H groups in total. The van der Waals surface area contributed by atoms with E-state index in [0.29, 0.717) is 23.0 Å². The SMILES string of the molecule is O=C(OCCCOCCOCCCOC(=O)ON1C(=O)CCC1=O)ON1C(=O)CCC1=O. The lowest BCUT2D eigenvalue weighted by Gasteiger charge is -2.12. The molecule has 0 aromatic carbocycles. The first kappa shape index (κ1) is 25.0. The van der Waals surface area contributed by atoms with Crippen molar-refractivity contribution in [1.82, 2.24) is 10.1 Å². The van der Waals surface area contributed by atoms with Gasteiger partial charge in [0.2, 0.25) is 0 Å². The van der Waals surface area contributed by atoms with Crippen LogP contribution in [0.2, 0.25) is 0 Å². The molecule has 4 amide bonds. The molecule has 0 bridgehead atoms. The van der Waals surface area contributed by atoms with Crippen LogP contribution < -0.4 is 0 Å². The molecule has 0 aliphatic carbocycles. The van der Waals surface area contributed by atoms with Crippen molar-refractivity contribution in [2.24, 2.45) is 0 Å². The molecule has 14 heteroatoms. The first-order valence-electron chi connectivity index (χ1n) is 9.95. The van der Waals surface area contributed by atoms with Gasteiger partial charge in [-0.15, -0.1) is 0 Å². The van der Waals surface area contributed by atoms with E-state index in [1.807, 2.05) is 0 Å². The van der Waals surface area contributed by atoms with Gasteiger partial charge in [-0.3, -0.25) is 28.9 Å². The summed E-state index contributed by atoms with van der Waals surface area (Å²) in [6.07, 6.45) is -1.52. The van der Waals surface area contributed by atoms with Crippen LogP contribution in [0.4, 0.5) is 9.59 Å². The van der Waals surface area contributed by atoms with E-state index < -0.39 is 35.9 Å². The molecule has 2 aliphatic heterocycles. The molecule has 178 valence electrons. The lowest BCUT2D eigenvalue weighted by atomic mass is 10.4. The summed E-state index contributed by atoms with van der Waals surface area (Å²) in [6, 6.07) is 0. The van der Waals surface area contributed by atoms with E-state index in [-0.39, 0.29) is 65.3 Å². The van der Waals surface area contributed by atoms with Crippen LogP contribution >= 0.6 is 0 Å². The fourth-order valence-electron chi connectivity index (χ4n) is 2.47. The maximum absolute atomic E-state index is 11.4. The van der Waals surface area contributed by atoms with E-state index in [1.165, 1.54) is 0 Å². The topological polar surface area (TPSA) is 164 Å². The number of hydrogen-bond acceptors (Lipinski definition) is 12. The van der Waals surface area contributed by atoms with Crippen molar-refractivity contribution in [3.8, 4) is 0 Å². The van der Waals surface area contributed by atoms with Gasteiger partial charge >= 0.3 is 12.3 Å². The van der Waals surface area contributed by atoms with E-state index in [2.05, 4.69) is 9.68 Å². The van der Waals surface area contributed by atoms with Gasteiger partial charge in [0.15, 0.2) is 0 Å². The lowest BCUT2D eigenvalue weighted by molar-refractivity contribution is -0.177. The van der Waals surface area contributed by atoms with Gasteiger partial charge in [0.1, 0.15) is 0 Å². The molecule has 0 spiro atoms. The monoisotopic (exact) mass is 460 g/mol. The second kappa shape index (κ2) is 13.2. The van der Waals surface area contributed by atoms with E-state index in [9.17, 15) is 28.8 Å². The molecular formula is C18H24N2O12. The molecule has 0 aromatic rings. The Balaban J connectivity index is 1.35. The lowest BCUT2D eigenvalue weighted by Crippen LogP contribution is -2.32. The Bertz CT molecular complexity index is 633. The van der Waals surface area contributed by atoms with Gasteiger partial charge in [-0.2, -0.15) is 0 Å². The van der Waals surface area contributed by atoms with Crippen molar-refractivity contribution < 1.29 is 57.4 Å². The van der Waals surface area contributed by atoms with Crippen molar-refractivity contribution in [2.45, 2.75) is 38.5 Å². The summed E-state index contributed by atoms with van der Waals surface area (Å²) in [5, 5.41) is 0.805. The summed E-state index contributed by atoms with van der Waals surface area (Å²) in [7, 11) is 0. The zero-order valence-electron chi connectivity index (χ0n) is 17.3. The zero-order valence-corrected chi connectivity index (χ0v) is 17.3. The summed E-state index contributed by atoms with van der Waals surface area (Å²) in [5.41, 5.74) is 0. The molecular weight excluding hydrogens is 436 g/mol. The molecule has 2 fully saturated rings. The number of carbonyl (C=O) groups is 6. The normalized spacial score (nSPS) is 16.0. The Morgan fingerprint density at radius 3 is 1.25 bits per heavy atom. The van der Waals surface area contributed by atoms with Gasteiger partial charge in [-0.25, -0.2) is 9.59 Å². The average Bonchev–Trinajstić information content (AvgIpc) is 3.24. The van der Waals surface area contributed by atoms with Gasteiger partial charge in [0.25, 0.3) is 23.6 Å². The van der Waals surface area contributed by atoms with Gasteiger partial charge in [0, 0.05) is 51.7 Å². The highest BCUT2D eigenvalue weighted by atomic mass is 16.8. The summed E-state index contributed by atoms with van der Waals surface area (Å²) >= 11 is 0. The number of nitrogens with zero attached hydrogens (tertiary/aromatic N) is 2. The van der Waals surface area contributed by atoms with Crippen LogP contribution in [0.25, 0.3) is 0 Å². The summed E-state index contributed by atoms with van der Waals surface area (Å²) in [5.74, 6) is -2.35. The minimum absolute atomic E-state index is 0.00462. The molecule has 2 saturated heterocycles. The molecule has 0 atom stereocenters. The number of imide groups is 2. The molecule has 0 unspecified atom stereocenters. The van der Waals surface area contributed by atoms with Crippen LogP contribution in [0, 0.1) is 0 Å². The number of hydrogen-bond donors (Lipinski definition) is 0. The third-order valence-corrected chi connectivity index (χ3v) is 4.02. The first-order chi connectivity index (χ1) is 15.4. The number of rotatable bonds is 13. The number of ether oxygens (including phenoxy) is 4. The van der Waals surface area contributed by atoms with Crippen molar-refractivity contribution in [3.05, 3.63) is 0 Å². The highest BCUT2D eigenvalue weighted by Crippen LogP contribution is 2.13. The van der Waals surface area contributed by atoms with Crippen molar-refractivity contribution in [3.63, 3.8) is 0 Å². The van der Waals surface area contributed by atoms with Gasteiger partial charge in [-0.1, -0.05) is 10.1 Å². The van der Waals surface area contributed by atoms with E-state index in [4.69, 9.17) is 18.9 Å². The van der Waals surface area contributed by atoms with Crippen LogP contribution in [-0.2, 0) is 47.8 Å². The number of carbonyl (C=O) groups excluding carboxylic acids is 6. The zero-order chi connectivity index (χ0) is 23.3. The minimum Gasteiger partial charge on any atom is -0.433 e. The molecule has 0 saturated carbocycles. The van der Waals surface area contributed by atoms with Gasteiger partial charge in [-0.05, 0) is 0 Å². The Morgan fingerprint density at radius 2 is 0.906 bits per heavy atom. The van der Waals surface area contributed by atoms with Crippen molar-refractivity contribution in [1.29, 1.82) is 0 Å². The molecule has 2 heterocycles. The quantitative estimate of drug-likeness (QED) is 0.209. The molecule has 2 rings (SSSR count). The standard InChI is InChI=1S/C18H24N2O12/c21-13-3-4-14(22)19(13)31-17(25)29-9-1-7-27-11-12-28-8-2-10-30-18(26)32-20-15(23)5-6-16(20)24/h1-12H2. The third-order valence-electron chi connectivity index (χ3n) is 4.02. The highest BCUT2D eigenvalue weighted by molar-refractivity contribution is 6.01. The van der Waals surface area contributed by atoms with Crippen molar-refractivity contribution in [2.75, 3.05) is 39.6 Å². The predicted molar refractivity (Wildman–Crippen MR) is 97.9 cm³/mol. The Morgan fingerprint density at radius 1 is 0.562 bits per heavy atom. The molecule has 32 heavy (non-hydrogen) atoms. The van der Waals surface area contributed by atoms with Crippen LogP contribution in [-0.4, -0.2) is 85.7 Å². The summed E-state index contributed by atoms with van der Waals surface area (Å²) < 4.78 is 20.0. The number of hydroxylamine groups is 4. The van der Waals surface area contributed by atoms with E-state index in [1.54, 1.807) is 0 Å². The molecule has 14 nitrogen and oxygen atoms in total. The maximum atomic E-state index is 11.4. The molecule has 0 radical (unpaired) electrons. The average molecular weight is 460 g/mol. The minimum atomic E-state index is -1.14. The smallest absolute Gasteiger partial charge is 0.433 e. The Kier molecular flexibility index (Phi) is 10.3. The van der Waals surface area contributed by atoms with Gasteiger partial charge in [0.05, 0.1) is 26.4 Å². The van der Waals surface area contributed by atoms with E-state index in [0.717, 1.165) is 0 Å². The van der Waals surface area contributed by atoms with Gasteiger partial charge < -0.3 is 18.9 Å². The first-order valence-corrected chi connectivity index (χ1v) is 9.95. The summed E-state index contributed by atoms with van der Waals surface area (Å²) in [4.78, 5) is 77.0. The third kappa shape index (κ3) is 8.47. The second-order valence-electron chi connectivity index (χ2n) is 6.48. The van der Waals surface area contributed by atoms with Crippen LogP contribution in [0.1, 0.15) is 38.5 Å². The fraction of sp³-hybridized carbons (Fsp3) is 0.667. The van der Waals surface area contributed by atoms with Crippen LogP contribution in [0.3, 0.4) is 0 Å². The maximum Gasteiger partial charge on any atom is 0.533 e. The molecule has 2 aliphatic rings. The van der Waals surface area contributed by atoms with Crippen LogP contribution in [0.5, 0.6) is 0 Å². The van der Waals surface area contributed by atoms with E-state index >= 15 is 0 Å². The van der Waals surface area contributed by atoms with Crippen molar-refractivity contribution >= 4 is 35.9 Å². The Hall–Kier alpha value is -3.26.